The van der Waals surface area contributed by atoms with Crippen molar-refractivity contribution in [1.82, 2.24) is 20.9 Å². The van der Waals surface area contributed by atoms with E-state index in [1.165, 1.54) is 12.1 Å². The van der Waals surface area contributed by atoms with Gasteiger partial charge in [0.25, 0.3) is 5.91 Å². The second-order valence-electron chi connectivity index (χ2n) is 7.32. The fraction of sp³-hybridized carbons (Fsp3) is 0.304. The van der Waals surface area contributed by atoms with Crippen LogP contribution in [0.5, 0.6) is 11.5 Å². The van der Waals surface area contributed by atoms with Crippen LogP contribution in [0.25, 0.3) is 10.9 Å². The number of likely N-dealkylation sites (N-methyl/N-ethyl adjacent to an activating group) is 1. The number of H-pyrrole nitrogens is 1. The van der Waals surface area contributed by atoms with E-state index in [-0.39, 0.29) is 23.8 Å². The summed E-state index contributed by atoms with van der Waals surface area (Å²) in [7, 11) is 3.36. The van der Waals surface area contributed by atoms with E-state index in [9.17, 15) is 19.8 Å². The summed E-state index contributed by atoms with van der Waals surface area (Å²) in [6, 6.07) is 11.2. The Labute approximate surface area is 185 Å². The third kappa shape index (κ3) is 5.44. The number of aliphatic hydroxyl groups excluding tert-OH is 1. The number of aromatic amines is 1. The van der Waals surface area contributed by atoms with Crippen LogP contribution in [0.4, 0.5) is 0 Å². The van der Waals surface area contributed by atoms with Gasteiger partial charge in [0.2, 0.25) is 5.56 Å². The van der Waals surface area contributed by atoms with E-state index in [1.54, 1.807) is 31.4 Å². The molecule has 0 saturated heterocycles. The molecule has 0 saturated carbocycles. The van der Waals surface area contributed by atoms with Gasteiger partial charge in [-0.05, 0) is 36.9 Å². The van der Waals surface area contributed by atoms with Gasteiger partial charge in [-0.25, -0.2) is 0 Å². The number of hydrogen-bond donors (Lipinski definition) is 6. The molecule has 32 heavy (non-hydrogen) atoms. The molecule has 9 heteroatoms. The highest BCUT2D eigenvalue weighted by atomic mass is 16.5. The Bertz CT molecular complexity index is 1140. The number of phenolic OH excluding ortho intramolecular Hbond substituents is 1. The zero-order chi connectivity index (χ0) is 23.1. The summed E-state index contributed by atoms with van der Waals surface area (Å²) in [5.41, 5.74) is 1.89. The number of fused-ring (bicyclic) bond motifs is 1. The molecule has 0 bridgehead atoms. The number of hydrogen-bond acceptors (Lipinski definition) is 7. The number of aliphatic hydroxyl groups is 1. The van der Waals surface area contributed by atoms with E-state index in [1.807, 2.05) is 13.1 Å². The highest BCUT2D eigenvalue weighted by Gasteiger charge is 2.15. The lowest BCUT2D eigenvalue weighted by Gasteiger charge is -2.16. The number of carbonyl (C=O) groups excluding carboxylic acids is 1. The molecule has 0 radical (unpaired) electrons. The molecular weight excluding hydrogens is 412 g/mol. The Balaban J connectivity index is 1.66. The third-order valence-electron chi connectivity index (χ3n) is 5.13. The van der Waals surface area contributed by atoms with E-state index >= 15 is 0 Å². The fourth-order valence-corrected chi connectivity index (χ4v) is 3.44. The number of ether oxygens (including phenoxy) is 1. The second kappa shape index (κ2) is 10.8. The first-order chi connectivity index (χ1) is 15.4. The van der Waals surface area contributed by atoms with Gasteiger partial charge in [-0.2, -0.15) is 0 Å². The van der Waals surface area contributed by atoms with Gasteiger partial charge in [-0.15, -0.1) is 0 Å². The second-order valence-corrected chi connectivity index (χ2v) is 7.32. The number of nitrogens with one attached hydrogen (secondary N) is 4. The highest BCUT2D eigenvalue weighted by molar-refractivity contribution is 5.94. The Kier molecular flexibility index (Phi) is 7.82. The molecule has 2 aromatic carbocycles. The molecule has 0 aliphatic carbocycles. The summed E-state index contributed by atoms with van der Waals surface area (Å²) in [6.07, 6.45) is -0.868. The van der Waals surface area contributed by atoms with E-state index in [0.29, 0.717) is 47.4 Å². The molecule has 9 nitrogen and oxygen atoms in total. The fourth-order valence-electron chi connectivity index (χ4n) is 3.44. The molecule has 1 amide bonds. The predicted molar refractivity (Wildman–Crippen MR) is 122 cm³/mol. The van der Waals surface area contributed by atoms with Gasteiger partial charge in [0, 0.05) is 48.8 Å². The number of phenols is 1. The summed E-state index contributed by atoms with van der Waals surface area (Å²) >= 11 is 0. The van der Waals surface area contributed by atoms with Crippen molar-refractivity contribution in [2.24, 2.45) is 0 Å². The zero-order valence-corrected chi connectivity index (χ0v) is 18.1. The lowest BCUT2D eigenvalue weighted by atomic mass is 10.0. The number of methoxy groups -OCH3 is 1. The van der Waals surface area contributed by atoms with E-state index in [4.69, 9.17) is 4.74 Å². The van der Waals surface area contributed by atoms with Crippen molar-refractivity contribution in [3.8, 4) is 11.5 Å². The lowest BCUT2D eigenvalue weighted by molar-refractivity contribution is 0.0953. The van der Waals surface area contributed by atoms with Crippen LogP contribution in [0.3, 0.4) is 0 Å². The third-order valence-corrected chi connectivity index (χ3v) is 5.13. The maximum atomic E-state index is 12.2. The molecule has 0 fully saturated rings. The Morgan fingerprint density at radius 1 is 1.16 bits per heavy atom. The summed E-state index contributed by atoms with van der Waals surface area (Å²) in [5.74, 6) is 0.341. The van der Waals surface area contributed by atoms with Gasteiger partial charge >= 0.3 is 0 Å². The Morgan fingerprint density at radius 3 is 2.72 bits per heavy atom. The van der Waals surface area contributed by atoms with Crippen molar-refractivity contribution in [1.29, 1.82) is 0 Å². The summed E-state index contributed by atoms with van der Waals surface area (Å²) in [5, 5.41) is 30.2. The molecule has 1 aromatic heterocycles. The van der Waals surface area contributed by atoms with Crippen LogP contribution < -0.4 is 26.2 Å². The number of aromatic nitrogens is 1. The SMILES string of the molecule is CNCCNC(=O)c1ccc(CNCC(O)c2ccc(O)c3[nH]c(=O)ccc23)c(OC)c1. The maximum Gasteiger partial charge on any atom is 0.251 e. The van der Waals surface area contributed by atoms with Crippen LogP contribution in [0, 0.1) is 0 Å². The van der Waals surface area contributed by atoms with Gasteiger partial charge in [-0.3, -0.25) is 9.59 Å². The average molecular weight is 441 g/mol. The van der Waals surface area contributed by atoms with E-state index in [0.717, 1.165) is 5.56 Å². The average Bonchev–Trinajstić information content (AvgIpc) is 2.79. The van der Waals surface area contributed by atoms with Gasteiger partial charge in [0.05, 0.1) is 18.7 Å². The topological polar surface area (TPSA) is 136 Å². The van der Waals surface area contributed by atoms with E-state index < -0.39 is 6.10 Å². The minimum atomic E-state index is -0.868. The van der Waals surface area contributed by atoms with Crippen molar-refractivity contribution >= 4 is 16.8 Å². The molecule has 1 unspecified atom stereocenters. The number of rotatable bonds is 10. The summed E-state index contributed by atoms with van der Waals surface area (Å²) in [6.45, 7) is 1.85. The first kappa shape index (κ1) is 23.3. The number of aromatic hydroxyl groups is 1. The molecule has 1 atom stereocenters. The minimum Gasteiger partial charge on any atom is -0.506 e. The number of carbonyl (C=O) groups is 1. The van der Waals surface area contributed by atoms with Crippen LogP contribution >= 0.6 is 0 Å². The van der Waals surface area contributed by atoms with Crippen molar-refractivity contribution in [3.63, 3.8) is 0 Å². The summed E-state index contributed by atoms with van der Waals surface area (Å²) < 4.78 is 5.43. The quantitative estimate of drug-likeness (QED) is 0.259. The molecule has 170 valence electrons. The number of amides is 1. The zero-order valence-electron chi connectivity index (χ0n) is 18.1. The van der Waals surface area contributed by atoms with Crippen LogP contribution in [0.15, 0.2) is 47.3 Å². The van der Waals surface area contributed by atoms with Crippen LogP contribution in [0.1, 0.15) is 27.6 Å². The van der Waals surface area contributed by atoms with Crippen LogP contribution in [0.2, 0.25) is 0 Å². The highest BCUT2D eigenvalue weighted by Crippen LogP contribution is 2.28. The normalized spacial score (nSPS) is 12.0. The largest absolute Gasteiger partial charge is 0.506 e. The first-order valence-electron chi connectivity index (χ1n) is 10.3. The maximum absolute atomic E-state index is 12.2. The van der Waals surface area contributed by atoms with Gasteiger partial charge in [0.1, 0.15) is 11.5 Å². The molecule has 0 aliphatic heterocycles. The monoisotopic (exact) mass is 440 g/mol. The molecule has 6 N–H and O–H groups in total. The van der Waals surface area contributed by atoms with Crippen LogP contribution in [-0.4, -0.2) is 54.9 Å². The molecular formula is C23H28N4O5. The molecule has 0 spiro atoms. The van der Waals surface area contributed by atoms with Crippen molar-refractivity contribution in [2.75, 3.05) is 33.8 Å². The standard InChI is InChI=1S/C23H28N4O5/c1-24-9-10-26-23(31)14-3-4-15(20(11-14)32-2)12-25-13-19(29)16-5-7-18(28)22-17(16)6-8-21(30)27-22/h3-8,11,19,24-25,28-29H,9-10,12-13H2,1-2H3,(H,26,31)(H,27,30). The first-order valence-corrected chi connectivity index (χ1v) is 10.3. The van der Waals surface area contributed by atoms with E-state index in [2.05, 4.69) is 20.9 Å². The minimum absolute atomic E-state index is 0.0542. The smallest absolute Gasteiger partial charge is 0.251 e. The molecule has 3 rings (SSSR count). The Morgan fingerprint density at radius 2 is 1.97 bits per heavy atom. The van der Waals surface area contributed by atoms with Crippen molar-refractivity contribution in [3.05, 3.63) is 69.5 Å². The van der Waals surface area contributed by atoms with Crippen LogP contribution in [-0.2, 0) is 6.54 Å². The summed E-state index contributed by atoms with van der Waals surface area (Å²) in [4.78, 5) is 26.4. The molecule has 3 aromatic rings. The number of benzene rings is 2. The molecule has 0 aliphatic rings. The predicted octanol–water partition coefficient (Wildman–Crippen LogP) is 1.01. The lowest BCUT2D eigenvalue weighted by Crippen LogP contribution is -2.30. The van der Waals surface area contributed by atoms with Gasteiger partial charge in [-0.1, -0.05) is 12.1 Å². The Hall–Kier alpha value is -3.40. The van der Waals surface area contributed by atoms with Gasteiger partial charge < -0.3 is 35.9 Å². The van der Waals surface area contributed by atoms with Gasteiger partial charge in [0.15, 0.2) is 0 Å². The number of pyridine rings is 1. The molecule has 1 heterocycles. The van der Waals surface area contributed by atoms with Crippen molar-refractivity contribution < 1.29 is 19.7 Å². The van der Waals surface area contributed by atoms with Crippen molar-refractivity contribution in [2.45, 2.75) is 12.6 Å².